The molecule has 1 aliphatic heterocycles. The van der Waals surface area contributed by atoms with Crippen LogP contribution in [0.4, 0.5) is 10.2 Å². The molecule has 1 aromatic heterocycles. The SMILES string of the molecule is CC(C)(C)[Si](c1ccccc1)(c1ccccc1)C(O)[C@@H]1C[C@@H](F)[C@H](n2ccc(N)nc2=O)O1. The maximum Gasteiger partial charge on any atom is 0.351 e. The fourth-order valence-corrected chi connectivity index (χ4v) is 11.1. The Morgan fingerprint density at radius 2 is 1.64 bits per heavy atom. The van der Waals surface area contributed by atoms with Gasteiger partial charge in [0, 0.05) is 12.6 Å². The van der Waals surface area contributed by atoms with Gasteiger partial charge >= 0.3 is 5.69 Å². The Balaban J connectivity index is 1.81. The lowest BCUT2D eigenvalue weighted by molar-refractivity contribution is -0.0517. The van der Waals surface area contributed by atoms with E-state index in [0.717, 1.165) is 14.9 Å². The smallest absolute Gasteiger partial charge is 0.351 e. The fraction of sp³-hybridized carbons (Fsp3) is 0.360. The van der Waals surface area contributed by atoms with Crippen LogP contribution in [-0.4, -0.2) is 40.7 Å². The second-order valence-corrected chi connectivity index (χ2v) is 14.5. The van der Waals surface area contributed by atoms with E-state index in [1.165, 1.54) is 12.3 Å². The molecule has 4 atom stereocenters. The number of aromatic nitrogens is 2. The second kappa shape index (κ2) is 8.85. The van der Waals surface area contributed by atoms with E-state index in [1.54, 1.807) is 0 Å². The van der Waals surface area contributed by atoms with Gasteiger partial charge in [-0.1, -0.05) is 91.8 Å². The van der Waals surface area contributed by atoms with Crippen molar-refractivity contribution in [2.24, 2.45) is 0 Å². The molecule has 8 heteroatoms. The highest BCUT2D eigenvalue weighted by Crippen LogP contribution is 2.43. The third-order valence-electron chi connectivity index (χ3n) is 6.64. The third kappa shape index (κ3) is 4.03. The van der Waals surface area contributed by atoms with Crippen molar-refractivity contribution in [3.05, 3.63) is 83.4 Å². The Hall–Kier alpha value is -2.81. The van der Waals surface area contributed by atoms with E-state index in [4.69, 9.17) is 10.5 Å². The van der Waals surface area contributed by atoms with Crippen LogP contribution in [0.3, 0.4) is 0 Å². The molecule has 2 aromatic carbocycles. The lowest BCUT2D eigenvalue weighted by Gasteiger charge is -2.48. The summed E-state index contributed by atoms with van der Waals surface area (Å²) in [4.78, 5) is 16.0. The summed E-state index contributed by atoms with van der Waals surface area (Å²) in [5.74, 6) is 0.0635. The van der Waals surface area contributed by atoms with Crippen LogP contribution >= 0.6 is 0 Å². The van der Waals surface area contributed by atoms with E-state index in [9.17, 15) is 9.90 Å². The Labute approximate surface area is 193 Å². The number of halogens is 1. The van der Waals surface area contributed by atoms with Gasteiger partial charge in [-0.3, -0.25) is 4.57 Å². The van der Waals surface area contributed by atoms with E-state index in [1.807, 2.05) is 60.7 Å². The van der Waals surface area contributed by atoms with Crippen molar-refractivity contribution >= 4 is 24.3 Å². The summed E-state index contributed by atoms with van der Waals surface area (Å²) in [7, 11) is -2.96. The Morgan fingerprint density at radius 3 is 2.12 bits per heavy atom. The summed E-state index contributed by atoms with van der Waals surface area (Å²) in [6, 6.07) is 21.4. The molecule has 1 unspecified atom stereocenters. The Morgan fingerprint density at radius 1 is 1.09 bits per heavy atom. The summed E-state index contributed by atoms with van der Waals surface area (Å²) in [5.41, 5.74) is 3.94. The summed E-state index contributed by atoms with van der Waals surface area (Å²) in [6.45, 7) is 6.36. The number of nitrogens with two attached hydrogens (primary N) is 1. The number of ether oxygens (including phenoxy) is 1. The highest BCUT2D eigenvalue weighted by atomic mass is 28.3. The van der Waals surface area contributed by atoms with Crippen molar-refractivity contribution in [3.8, 4) is 0 Å². The standard InChI is InChI=1S/C25H30FN3O3Si/c1-25(2,3)33(17-10-6-4-7-11-17,18-12-8-5-9-13-18)23(30)20-16-19(26)22(32-20)29-15-14-21(27)28-24(29)31/h4-15,19-20,22-23,30H,16H2,1-3H3,(H2,27,28,31)/t19-,20+,22-,23?/m1/s1. The zero-order valence-corrected chi connectivity index (χ0v) is 20.1. The summed E-state index contributed by atoms with van der Waals surface area (Å²) in [6.07, 6.45) is -2.05. The number of benzene rings is 2. The largest absolute Gasteiger partial charge is 0.393 e. The van der Waals surface area contributed by atoms with E-state index in [-0.39, 0.29) is 17.3 Å². The minimum Gasteiger partial charge on any atom is -0.393 e. The minimum absolute atomic E-state index is 0.0207. The van der Waals surface area contributed by atoms with Crippen LogP contribution in [0.15, 0.2) is 77.7 Å². The maximum atomic E-state index is 15.2. The van der Waals surface area contributed by atoms with E-state index < -0.39 is 38.0 Å². The molecule has 1 saturated heterocycles. The van der Waals surface area contributed by atoms with Crippen molar-refractivity contribution in [2.75, 3.05) is 5.73 Å². The zero-order valence-electron chi connectivity index (χ0n) is 19.1. The quantitative estimate of drug-likeness (QED) is 0.563. The highest BCUT2D eigenvalue weighted by Gasteiger charge is 2.57. The van der Waals surface area contributed by atoms with Gasteiger partial charge in [0.05, 0.1) is 11.8 Å². The van der Waals surface area contributed by atoms with Gasteiger partial charge in [-0.25, -0.2) is 9.18 Å². The summed E-state index contributed by atoms with van der Waals surface area (Å²) in [5, 5.41) is 13.8. The molecular weight excluding hydrogens is 437 g/mol. The van der Waals surface area contributed by atoms with Gasteiger partial charge in [0.25, 0.3) is 0 Å². The highest BCUT2D eigenvalue weighted by molar-refractivity contribution is 7.05. The van der Waals surface area contributed by atoms with Crippen molar-refractivity contribution in [1.29, 1.82) is 0 Å². The van der Waals surface area contributed by atoms with Crippen molar-refractivity contribution in [2.45, 2.75) is 56.5 Å². The number of rotatable bonds is 5. The second-order valence-electron chi connectivity index (χ2n) is 9.59. The molecule has 0 amide bonds. The van der Waals surface area contributed by atoms with Crippen LogP contribution in [0, 0.1) is 0 Å². The molecule has 174 valence electrons. The molecule has 0 bridgehead atoms. The molecule has 0 aliphatic carbocycles. The Bertz CT molecular complexity index is 1110. The third-order valence-corrected chi connectivity index (χ3v) is 12.8. The van der Waals surface area contributed by atoms with Crippen LogP contribution in [0.2, 0.25) is 5.04 Å². The summed E-state index contributed by atoms with van der Waals surface area (Å²) >= 11 is 0. The molecule has 33 heavy (non-hydrogen) atoms. The van der Waals surface area contributed by atoms with Gasteiger partial charge in [-0.15, -0.1) is 0 Å². The number of hydrogen-bond acceptors (Lipinski definition) is 5. The average Bonchev–Trinajstić information content (AvgIpc) is 3.16. The Kier molecular flexibility index (Phi) is 6.26. The first-order valence-corrected chi connectivity index (χ1v) is 13.2. The molecule has 1 fully saturated rings. The van der Waals surface area contributed by atoms with Gasteiger partial charge < -0.3 is 15.6 Å². The summed E-state index contributed by atoms with van der Waals surface area (Å²) < 4.78 is 22.4. The predicted molar refractivity (Wildman–Crippen MR) is 130 cm³/mol. The van der Waals surface area contributed by atoms with Crippen LogP contribution in [0.25, 0.3) is 0 Å². The number of aliphatic hydroxyl groups excluding tert-OH is 1. The maximum absolute atomic E-state index is 15.2. The molecule has 2 heterocycles. The van der Waals surface area contributed by atoms with Crippen LogP contribution < -0.4 is 21.8 Å². The number of nitrogens with zero attached hydrogens (tertiary/aromatic N) is 2. The number of nitrogen functional groups attached to an aromatic ring is 1. The van der Waals surface area contributed by atoms with Crippen LogP contribution in [0.1, 0.15) is 33.4 Å². The number of aliphatic hydroxyl groups is 1. The monoisotopic (exact) mass is 467 g/mol. The van der Waals surface area contributed by atoms with E-state index in [0.29, 0.717) is 0 Å². The molecule has 4 rings (SSSR count). The predicted octanol–water partition coefficient (Wildman–Crippen LogP) is 2.41. The van der Waals surface area contributed by atoms with Gasteiger partial charge in [0.15, 0.2) is 14.3 Å². The van der Waals surface area contributed by atoms with Crippen LogP contribution in [0.5, 0.6) is 0 Å². The van der Waals surface area contributed by atoms with Gasteiger partial charge in [0.1, 0.15) is 12.0 Å². The molecular formula is C25H30FN3O3Si. The van der Waals surface area contributed by atoms with E-state index in [2.05, 4.69) is 25.8 Å². The topological polar surface area (TPSA) is 90.4 Å². The number of hydrogen-bond donors (Lipinski definition) is 2. The first kappa shape index (κ1) is 23.3. The first-order valence-electron chi connectivity index (χ1n) is 11.1. The molecule has 6 nitrogen and oxygen atoms in total. The zero-order chi connectivity index (χ0) is 23.8. The van der Waals surface area contributed by atoms with E-state index >= 15 is 4.39 Å². The number of alkyl halides is 1. The van der Waals surface area contributed by atoms with Gasteiger partial charge in [-0.05, 0) is 11.1 Å². The lowest BCUT2D eigenvalue weighted by atomic mass is 10.2. The van der Waals surface area contributed by atoms with Crippen LogP contribution in [-0.2, 0) is 4.74 Å². The molecule has 3 aromatic rings. The minimum atomic E-state index is -2.96. The molecule has 0 saturated carbocycles. The van der Waals surface area contributed by atoms with Crippen molar-refractivity contribution in [1.82, 2.24) is 9.55 Å². The molecule has 0 spiro atoms. The first-order chi connectivity index (χ1) is 15.7. The fourth-order valence-electron chi connectivity index (χ4n) is 5.22. The average molecular weight is 468 g/mol. The molecule has 0 radical (unpaired) electrons. The number of anilines is 1. The van der Waals surface area contributed by atoms with Crippen molar-refractivity contribution < 1.29 is 14.2 Å². The van der Waals surface area contributed by atoms with Gasteiger partial charge in [0.2, 0.25) is 0 Å². The van der Waals surface area contributed by atoms with Gasteiger partial charge in [-0.2, -0.15) is 4.98 Å². The van der Waals surface area contributed by atoms with Crippen molar-refractivity contribution in [3.63, 3.8) is 0 Å². The lowest BCUT2D eigenvalue weighted by Crippen LogP contribution is -2.74. The molecule has 1 aliphatic rings. The molecule has 3 N–H and O–H groups in total. The normalized spacial score (nSPS) is 22.3.